The first-order chi connectivity index (χ1) is 9.41. The van der Waals surface area contributed by atoms with E-state index in [2.05, 4.69) is 39.8 Å². The van der Waals surface area contributed by atoms with Crippen molar-refractivity contribution in [3.8, 4) is 0 Å². The van der Waals surface area contributed by atoms with Crippen molar-refractivity contribution in [2.24, 2.45) is 22.7 Å². The highest BCUT2D eigenvalue weighted by atomic mass is 14.4. The summed E-state index contributed by atoms with van der Waals surface area (Å²) >= 11 is 0. The van der Waals surface area contributed by atoms with Crippen LogP contribution in [0.3, 0.4) is 0 Å². The maximum atomic E-state index is 2.53. The van der Waals surface area contributed by atoms with Crippen LogP contribution in [0.25, 0.3) is 0 Å². The van der Waals surface area contributed by atoms with Gasteiger partial charge in [0.05, 0.1) is 0 Å². The van der Waals surface area contributed by atoms with Gasteiger partial charge in [-0.25, -0.2) is 0 Å². The fraction of sp³-hybridized carbons (Fsp3) is 0.900. The maximum absolute atomic E-state index is 2.53. The summed E-state index contributed by atoms with van der Waals surface area (Å²) in [6.07, 6.45) is 19.3. The van der Waals surface area contributed by atoms with Gasteiger partial charge in [-0.2, -0.15) is 0 Å². The Morgan fingerprint density at radius 2 is 1.40 bits per heavy atom. The Morgan fingerprint density at radius 3 is 2.10 bits per heavy atom. The summed E-state index contributed by atoms with van der Waals surface area (Å²) in [5, 5.41) is 0. The summed E-state index contributed by atoms with van der Waals surface area (Å²) in [5.74, 6) is 1.95. The van der Waals surface area contributed by atoms with E-state index in [-0.39, 0.29) is 0 Å². The van der Waals surface area contributed by atoms with Gasteiger partial charge in [0.15, 0.2) is 0 Å². The Balaban J connectivity index is 2.10. The molecule has 1 atom stereocenters. The molecule has 0 heteroatoms. The third kappa shape index (κ3) is 4.37. The molecule has 20 heavy (non-hydrogen) atoms. The molecule has 0 heterocycles. The maximum Gasteiger partial charge on any atom is -0.0289 e. The van der Waals surface area contributed by atoms with E-state index in [0.29, 0.717) is 10.8 Å². The molecule has 0 amide bonds. The van der Waals surface area contributed by atoms with Gasteiger partial charge in [-0.15, -0.1) is 0 Å². The highest BCUT2D eigenvalue weighted by Crippen LogP contribution is 2.46. The molecule has 0 nitrogen and oxygen atoms in total. The van der Waals surface area contributed by atoms with Crippen LogP contribution < -0.4 is 0 Å². The Kier molecular flexibility index (Phi) is 5.37. The van der Waals surface area contributed by atoms with E-state index in [0.717, 1.165) is 11.8 Å². The summed E-state index contributed by atoms with van der Waals surface area (Å²) < 4.78 is 0. The van der Waals surface area contributed by atoms with Crippen molar-refractivity contribution in [1.29, 1.82) is 0 Å². The first-order valence-electron chi connectivity index (χ1n) is 9.06. The molecule has 2 aliphatic rings. The minimum atomic E-state index is 0.500. The molecule has 0 aliphatic heterocycles. The molecule has 1 unspecified atom stereocenters. The standard InChI is InChI=1S/C20H36/c1-19(2)14-8-9-16-20(3,4)18(13-10-15-19)17-11-6-5-7-12-17/h8-9,17-18H,5-7,10-16H2,1-4H3. The van der Waals surface area contributed by atoms with E-state index in [9.17, 15) is 0 Å². The SMILES string of the molecule is CC1(C)CC=CCC(C)(C)C(C2CCCCC2)CCC1. The number of hydrogen-bond donors (Lipinski definition) is 0. The molecule has 0 aromatic heterocycles. The molecule has 0 spiro atoms. The molecular formula is C20H36. The van der Waals surface area contributed by atoms with Crippen molar-refractivity contribution in [3.63, 3.8) is 0 Å². The molecule has 1 saturated carbocycles. The first kappa shape index (κ1) is 16.1. The first-order valence-corrected chi connectivity index (χ1v) is 9.06. The van der Waals surface area contributed by atoms with Crippen molar-refractivity contribution >= 4 is 0 Å². The predicted molar refractivity (Wildman–Crippen MR) is 89.9 cm³/mol. The van der Waals surface area contributed by atoms with Crippen LogP contribution in [0.1, 0.15) is 91.9 Å². The fourth-order valence-corrected chi connectivity index (χ4v) is 4.64. The highest BCUT2D eigenvalue weighted by Gasteiger charge is 2.35. The van der Waals surface area contributed by atoms with Gasteiger partial charge in [-0.3, -0.25) is 0 Å². The molecular weight excluding hydrogens is 240 g/mol. The van der Waals surface area contributed by atoms with Crippen molar-refractivity contribution in [2.45, 2.75) is 91.9 Å². The van der Waals surface area contributed by atoms with Crippen LogP contribution in [0.5, 0.6) is 0 Å². The Hall–Kier alpha value is -0.260. The van der Waals surface area contributed by atoms with Crippen LogP contribution in [-0.4, -0.2) is 0 Å². The average Bonchev–Trinajstić information content (AvgIpc) is 2.40. The van der Waals surface area contributed by atoms with E-state index < -0.39 is 0 Å². The van der Waals surface area contributed by atoms with E-state index in [4.69, 9.17) is 0 Å². The quantitative estimate of drug-likeness (QED) is 0.464. The molecule has 1 fully saturated rings. The van der Waals surface area contributed by atoms with Crippen molar-refractivity contribution in [2.75, 3.05) is 0 Å². The van der Waals surface area contributed by atoms with Gasteiger partial charge in [0.25, 0.3) is 0 Å². The van der Waals surface area contributed by atoms with Gasteiger partial charge in [-0.05, 0) is 48.3 Å². The molecule has 0 aromatic rings. The Morgan fingerprint density at radius 1 is 0.750 bits per heavy atom. The molecule has 0 N–H and O–H groups in total. The van der Waals surface area contributed by atoms with Crippen LogP contribution in [-0.2, 0) is 0 Å². The van der Waals surface area contributed by atoms with Crippen LogP contribution in [0.2, 0.25) is 0 Å². The normalized spacial score (nSPS) is 31.9. The summed E-state index contributed by atoms with van der Waals surface area (Å²) in [6, 6.07) is 0. The molecule has 2 aliphatic carbocycles. The monoisotopic (exact) mass is 276 g/mol. The van der Waals surface area contributed by atoms with Crippen molar-refractivity contribution in [3.05, 3.63) is 12.2 Å². The smallest absolute Gasteiger partial charge is 0.0289 e. The second-order valence-corrected chi connectivity index (χ2v) is 8.93. The summed E-state index contributed by atoms with van der Waals surface area (Å²) in [6.45, 7) is 9.95. The Bertz CT molecular complexity index is 315. The zero-order chi connectivity index (χ0) is 14.6. The lowest BCUT2D eigenvalue weighted by atomic mass is 9.63. The molecule has 0 saturated heterocycles. The average molecular weight is 277 g/mol. The van der Waals surface area contributed by atoms with Crippen LogP contribution in [0.15, 0.2) is 12.2 Å². The second-order valence-electron chi connectivity index (χ2n) is 8.93. The van der Waals surface area contributed by atoms with Crippen LogP contribution >= 0.6 is 0 Å². The fourth-order valence-electron chi connectivity index (χ4n) is 4.64. The van der Waals surface area contributed by atoms with Gasteiger partial charge >= 0.3 is 0 Å². The Labute approximate surface area is 127 Å². The largest absolute Gasteiger partial charge is 0.0880 e. The van der Waals surface area contributed by atoms with Crippen LogP contribution in [0.4, 0.5) is 0 Å². The summed E-state index contributed by atoms with van der Waals surface area (Å²) in [4.78, 5) is 0. The summed E-state index contributed by atoms with van der Waals surface area (Å²) in [7, 11) is 0. The molecule has 0 bridgehead atoms. The zero-order valence-electron chi connectivity index (χ0n) is 14.4. The van der Waals surface area contributed by atoms with E-state index in [1.165, 1.54) is 64.2 Å². The van der Waals surface area contributed by atoms with E-state index in [1.807, 2.05) is 0 Å². The van der Waals surface area contributed by atoms with Gasteiger partial charge in [0.2, 0.25) is 0 Å². The highest BCUT2D eigenvalue weighted by molar-refractivity contribution is 4.96. The van der Waals surface area contributed by atoms with Gasteiger partial charge in [-0.1, -0.05) is 78.4 Å². The van der Waals surface area contributed by atoms with Crippen molar-refractivity contribution in [1.82, 2.24) is 0 Å². The van der Waals surface area contributed by atoms with E-state index >= 15 is 0 Å². The number of hydrogen-bond acceptors (Lipinski definition) is 0. The van der Waals surface area contributed by atoms with Crippen LogP contribution in [0, 0.1) is 22.7 Å². The molecule has 116 valence electrons. The molecule has 2 rings (SSSR count). The molecule has 0 aromatic carbocycles. The van der Waals surface area contributed by atoms with Crippen molar-refractivity contribution < 1.29 is 0 Å². The number of allylic oxidation sites excluding steroid dienone is 2. The third-order valence-corrected chi connectivity index (χ3v) is 6.07. The third-order valence-electron chi connectivity index (χ3n) is 6.07. The second kappa shape index (κ2) is 6.67. The lowest BCUT2D eigenvalue weighted by Crippen LogP contribution is -2.32. The summed E-state index contributed by atoms with van der Waals surface area (Å²) in [5.41, 5.74) is 1.01. The minimum absolute atomic E-state index is 0.500. The lowest BCUT2D eigenvalue weighted by molar-refractivity contribution is 0.0937. The molecule has 0 radical (unpaired) electrons. The number of rotatable bonds is 1. The van der Waals surface area contributed by atoms with Gasteiger partial charge in [0.1, 0.15) is 0 Å². The van der Waals surface area contributed by atoms with E-state index in [1.54, 1.807) is 0 Å². The van der Waals surface area contributed by atoms with Gasteiger partial charge < -0.3 is 0 Å². The topological polar surface area (TPSA) is 0 Å². The van der Waals surface area contributed by atoms with Gasteiger partial charge in [0, 0.05) is 0 Å². The minimum Gasteiger partial charge on any atom is -0.0880 e. The lowest BCUT2D eigenvalue weighted by Gasteiger charge is -2.42. The predicted octanol–water partition coefficient (Wildman–Crippen LogP) is 6.76. The zero-order valence-corrected chi connectivity index (χ0v) is 14.4.